The van der Waals surface area contributed by atoms with Gasteiger partial charge in [0.15, 0.2) is 11.5 Å². The Kier molecular flexibility index (Phi) is 4.38. The molecule has 3 rings (SSSR count). The molecule has 1 saturated carbocycles. The second-order valence-electron chi connectivity index (χ2n) is 5.85. The van der Waals surface area contributed by atoms with E-state index in [1.165, 1.54) is 25.7 Å². The van der Waals surface area contributed by atoms with Crippen LogP contribution in [-0.2, 0) is 0 Å². The molecule has 1 aromatic carbocycles. The van der Waals surface area contributed by atoms with Crippen LogP contribution in [0.5, 0.6) is 11.5 Å². The summed E-state index contributed by atoms with van der Waals surface area (Å²) < 4.78 is 11.1. The SMILES string of the molecule is O=C(NCC1(CBr)CCCC1)c1cccc2c1OCCO2. The number of para-hydroxylation sites is 1. The smallest absolute Gasteiger partial charge is 0.255 e. The first-order valence-corrected chi connectivity index (χ1v) is 8.59. The molecule has 1 aliphatic heterocycles. The van der Waals surface area contributed by atoms with Gasteiger partial charge in [0.25, 0.3) is 5.91 Å². The summed E-state index contributed by atoms with van der Waals surface area (Å²) in [6.45, 7) is 1.73. The Bertz CT molecular complexity index is 526. The van der Waals surface area contributed by atoms with Gasteiger partial charge in [-0.2, -0.15) is 0 Å². The second-order valence-corrected chi connectivity index (χ2v) is 6.41. The molecule has 0 unspecified atom stereocenters. The third kappa shape index (κ3) is 3.03. The number of halogens is 1. The van der Waals surface area contributed by atoms with Crippen molar-refractivity contribution in [3.05, 3.63) is 23.8 Å². The first kappa shape index (κ1) is 14.7. The molecule has 114 valence electrons. The van der Waals surface area contributed by atoms with Crippen molar-refractivity contribution in [2.75, 3.05) is 25.1 Å². The molecule has 0 spiro atoms. The number of benzene rings is 1. The fourth-order valence-electron chi connectivity index (χ4n) is 3.10. The van der Waals surface area contributed by atoms with E-state index in [-0.39, 0.29) is 11.3 Å². The molecule has 1 N–H and O–H groups in total. The second kappa shape index (κ2) is 6.26. The van der Waals surface area contributed by atoms with Crippen molar-refractivity contribution in [1.29, 1.82) is 0 Å². The molecule has 0 aromatic heterocycles. The number of hydrogen-bond donors (Lipinski definition) is 1. The molecule has 2 aliphatic rings. The van der Waals surface area contributed by atoms with Crippen LogP contribution in [0.1, 0.15) is 36.0 Å². The van der Waals surface area contributed by atoms with E-state index in [2.05, 4.69) is 21.2 Å². The Hall–Kier alpha value is -1.23. The zero-order chi connectivity index (χ0) is 14.7. The summed E-state index contributed by atoms with van der Waals surface area (Å²) in [7, 11) is 0. The third-order valence-electron chi connectivity index (χ3n) is 4.38. The average Bonchev–Trinajstić information content (AvgIpc) is 3.01. The summed E-state index contributed by atoms with van der Waals surface area (Å²) in [5.74, 6) is 1.15. The third-order valence-corrected chi connectivity index (χ3v) is 5.57. The van der Waals surface area contributed by atoms with Crippen LogP contribution >= 0.6 is 15.9 Å². The van der Waals surface area contributed by atoms with Gasteiger partial charge < -0.3 is 14.8 Å². The quantitative estimate of drug-likeness (QED) is 0.845. The van der Waals surface area contributed by atoms with Gasteiger partial charge in [0.2, 0.25) is 0 Å². The number of nitrogens with one attached hydrogen (secondary N) is 1. The van der Waals surface area contributed by atoms with Crippen molar-refractivity contribution in [2.24, 2.45) is 5.41 Å². The zero-order valence-electron chi connectivity index (χ0n) is 12.0. The number of rotatable bonds is 4. The van der Waals surface area contributed by atoms with Gasteiger partial charge in [-0.15, -0.1) is 0 Å². The Balaban J connectivity index is 1.71. The van der Waals surface area contributed by atoms with Crippen molar-refractivity contribution in [3.63, 3.8) is 0 Å². The zero-order valence-corrected chi connectivity index (χ0v) is 13.6. The molecule has 1 aliphatic carbocycles. The van der Waals surface area contributed by atoms with Crippen LogP contribution in [0.4, 0.5) is 0 Å². The van der Waals surface area contributed by atoms with E-state index < -0.39 is 0 Å². The lowest BCUT2D eigenvalue weighted by Crippen LogP contribution is -2.37. The van der Waals surface area contributed by atoms with E-state index in [0.29, 0.717) is 36.8 Å². The molecule has 4 nitrogen and oxygen atoms in total. The van der Waals surface area contributed by atoms with Gasteiger partial charge in [-0.3, -0.25) is 4.79 Å². The molecule has 1 heterocycles. The maximum atomic E-state index is 12.5. The van der Waals surface area contributed by atoms with Crippen LogP contribution in [0, 0.1) is 5.41 Å². The highest BCUT2D eigenvalue weighted by Gasteiger charge is 2.33. The van der Waals surface area contributed by atoms with Gasteiger partial charge in [-0.25, -0.2) is 0 Å². The summed E-state index contributed by atoms with van der Waals surface area (Å²) in [4.78, 5) is 12.5. The number of hydrogen-bond acceptors (Lipinski definition) is 3. The van der Waals surface area contributed by atoms with Crippen LogP contribution in [0.2, 0.25) is 0 Å². The minimum absolute atomic E-state index is 0.0791. The first-order valence-electron chi connectivity index (χ1n) is 7.47. The molecule has 0 radical (unpaired) electrons. The highest BCUT2D eigenvalue weighted by Crippen LogP contribution is 2.39. The van der Waals surface area contributed by atoms with Crippen LogP contribution < -0.4 is 14.8 Å². The number of carbonyl (C=O) groups excluding carboxylic acids is 1. The van der Waals surface area contributed by atoms with Crippen molar-refractivity contribution in [1.82, 2.24) is 5.32 Å². The summed E-state index contributed by atoms with van der Waals surface area (Å²) >= 11 is 3.60. The summed E-state index contributed by atoms with van der Waals surface area (Å²) in [6.07, 6.45) is 4.84. The maximum absolute atomic E-state index is 12.5. The first-order chi connectivity index (χ1) is 10.2. The minimum Gasteiger partial charge on any atom is -0.486 e. The summed E-state index contributed by atoms with van der Waals surface area (Å²) in [5.41, 5.74) is 0.775. The van der Waals surface area contributed by atoms with Crippen molar-refractivity contribution in [3.8, 4) is 11.5 Å². The number of ether oxygens (including phenoxy) is 2. The number of alkyl halides is 1. The minimum atomic E-state index is -0.0791. The predicted molar refractivity (Wildman–Crippen MR) is 84.5 cm³/mol. The number of carbonyl (C=O) groups is 1. The molecule has 1 amide bonds. The molecule has 1 aromatic rings. The standard InChI is InChI=1S/C16H20BrNO3/c17-10-16(6-1-2-7-16)11-18-15(19)12-4-3-5-13-14(12)21-9-8-20-13/h3-5H,1-2,6-11H2,(H,18,19). The van der Waals surface area contributed by atoms with Gasteiger partial charge in [0.1, 0.15) is 13.2 Å². The predicted octanol–water partition coefficient (Wildman–Crippen LogP) is 3.14. The fraction of sp³-hybridized carbons (Fsp3) is 0.562. The normalized spacial score (nSPS) is 19.3. The van der Waals surface area contributed by atoms with E-state index in [4.69, 9.17) is 9.47 Å². The largest absolute Gasteiger partial charge is 0.486 e. The van der Waals surface area contributed by atoms with E-state index in [0.717, 1.165) is 5.33 Å². The molecule has 1 fully saturated rings. The van der Waals surface area contributed by atoms with Crippen molar-refractivity contribution >= 4 is 21.8 Å². The van der Waals surface area contributed by atoms with Crippen LogP contribution in [0.3, 0.4) is 0 Å². The van der Waals surface area contributed by atoms with Gasteiger partial charge >= 0.3 is 0 Å². The van der Waals surface area contributed by atoms with E-state index >= 15 is 0 Å². The maximum Gasteiger partial charge on any atom is 0.255 e. The topological polar surface area (TPSA) is 47.6 Å². The van der Waals surface area contributed by atoms with Gasteiger partial charge in [-0.1, -0.05) is 34.8 Å². The number of amides is 1. The van der Waals surface area contributed by atoms with Gasteiger partial charge in [0.05, 0.1) is 5.56 Å². The summed E-state index contributed by atoms with van der Waals surface area (Å²) in [5, 5.41) is 4.02. The Morgan fingerprint density at radius 1 is 1.24 bits per heavy atom. The lowest BCUT2D eigenvalue weighted by atomic mass is 9.89. The average molecular weight is 354 g/mol. The fourth-order valence-corrected chi connectivity index (χ4v) is 3.86. The number of fused-ring (bicyclic) bond motifs is 1. The van der Waals surface area contributed by atoms with E-state index in [9.17, 15) is 4.79 Å². The van der Waals surface area contributed by atoms with E-state index in [1.54, 1.807) is 6.07 Å². The van der Waals surface area contributed by atoms with Crippen LogP contribution in [0.15, 0.2) is 18.2 Å². The molecule has 0 atom stereocenters. The molecule has 5 heteroatoms. The van der Waals surface area contributed by atoms with Crippen LogP contribution in [-0.4, -0.2) is 31.0 Å². The lowest BCUT2D eigenvalue weighted by molar-refractivity contribution is 0.0924. The molecule has 0 saturated heterocycles. The summed E-state index contributed by atoms with van der Waals surface area (Å²) in [6, 6.07) is 5.46. The van der Waals surface area contributed by atoms with Gasteiger partial charge in [0, 0.05) is 11.9 Å². The Morgan fingerprint density at radius 2 is 2.00 bits per heavy atom. The molecular weight excluding hydrogens is 334 g/mol. The molecule has 21 heavy (non-hydrogen) atoms. The Morgan fingerprint density at radius 3 is 2.76 bits per heavy atom. The Labute approximate surface area is 133 Å². The van der Waals surface area contributed by atoms with Gasteiger partial charge in [-0.05, 0) is 30.4 Å². The van der Waals surface area contributed by atoms with Crippen LogP contribution in [0.25, 0.3) is 0 Å². The van der Waals surface area contributed by atoms with Crippen molar-refractivity contribution < 1.29 is 14.3 Å². The molecule has 0 bridgehead atoms. The van der Waals surface area contributed by atoms with Crippen molar-refractivity contribution in [2.45, 2.75) is 25.7 Å². The lowest BCUT2D eigenvalue weighted by Gasteiger charge is -2.27. The molecular formula is C16H20BrNO3. The highest BCUT2D eigenvalue weighted by atomic mass is 79.9. The highest BCUT2D eigenvalue weighted by molar-refractivity contribution is 9.09. The monoisotopic (exact) mass is 353 g/mol. The van der Waals surface area contributed by atoms with E-state index in [1.807, 2.05) is 12.1 Å².